The quantitative estimate of drug-likeness (QED) is 0.426. The Kier molecular flexibility index (Phi) is 3.58. The van der Waals surface area contributed by atoms with Gasteiger partial charge in [-0.2, -0.15) is 0 Å². The van der Waals surface area contributed by atoms with E-state index in [1.807, 2.05) is 0 Å². The van der Waals surface area contributed by atoms with Gasteiger partial charge in [0.15, 0.2) is 0 Å². The Morgan fingerprint density at radius 2 is 1.50 bits per heavy atom. The molecule has 1 nitrogen and oxygen atoms in total. The zero-order valence-corrected chi connectivity index (χ0v) is 5.02. The SMILES string of the molecule is O=C1CCCCC1.[B]. The van der Waals surface area contributed by atoms with Crippen molar-refractivity contribution in [2.24, 2.45) is 0 Å². The lowest BCUT2D eigenvalue weighted by molar-refractivity contribution is -0.120. The Morgan fingerprint density at radius 3 is 1.75 bits per heavy atom. The van der Waals surface area contributed by atoms with Gasteiger partial charge in [0.05, 0.1) is 0 Å². The van der Waals surface area contributed by atoms with Crippen molar-refractivity contribution in [2.75, 3.05) is 0 Å². The van der Waals surface area contributed by atoms with Crippen LogP contribution in [0.3, 0.4) is 0 Å². The van der Waals surface area contributed by atoms with Gasteiger partial charge < -0.3 is 0 Å². The molecule has 0 aromatic heterocycles. The van der Waals surface area contributed by atoms with E-state index in [2.05, 4.69) is 0 Å². The molecule has 1 aliphatic rings. The predicted molar refractivity (Wildman–Crippen MR) is 33.8 cm³/mol. The molecule has 0 aromatic rings. The average molecular weight is 109 g/mol. The van der Waals surface area contributed by atoms with Crippen LogP contribution < -0.4 is 0 Å². The maximum atomic E-state index is 10.5. The Morgan fingerprint density at radius 1 is 1.00 bits per heavy atom. The van der Waals surface area contributed by atoms with Crippen LogP contribution in [0, 0.1) is 0 Å². The van der Waals surface area contributed by atoms with Crippen LogP contribution in [0.25, 0.3) is 0 Å². The van der Waals surface area contributed by atoms with E-state index in [1.54, 1.807) is 0 Å². The molecule has 0 spiro atoms. The van der Waals surface area contributed by atoms with Crippen molar-refractivity contribution in [1.29, 1.82) is 0 Å². The molecular weight excluding hydrogens is 98.9 g/mol. The second-order valence-electron chi connectivity index (χ2n) is 2.10. The van der Waals surface area contributed by atoms with Gasteiger partial charge in [-0.05, 0) is 12.8 Å². The van der Waals surface area contributed by atoms with Crippen LogP contribution in [0.2, 0.25) is 0 Å². The molecule has 3 radical (unpaired) electrons. The Bertz CT molecular complexity index is 72.6. The van der Waals surface area contributed by atoms with Crippen LogP contribution >= 0.6 is 0 Å². The smallest absolute Gasteiger partial charge is 0.132 e. The average Bonchev–Trinajstić information content (AvgIpc) is 1.69. The monoisotopic (exact) mass is 109 g/mol. The van der Waals surface area contributed by atoms with E-state index in [4.69, 9.17) is 0 Å². The van der Waals surface area contributed by atoms with E-state index in [0.717, 1.165) is 25.7 Å². The molecule has 0 saturated heterocycles. The van der Waals surface area contributed by atoms with Gasteiger partial charge in [-0.25, -0.2) is 0 Å². The minimum absolute atomic E-state index is 0. The molecule has 0 heterocycles. The molecule has 0 unspecified atom stereocenters. The number of hydrogen-bond acceptors (Lipinski definition) is 1. The van der Waals surface area contributed by atoms with Crippen LogP contribution in [-0.4, -0.2) is 14.2 Å². The summed E-state index contributed by atoms with van der Waals surface area (Å²) < 4.78 is 0. The van der Waals surface area contributed by atoms with Gasteiger partial charge in [0.1, 0.15) is 5.78 Å². The fraction of sp³-hybridized carbons (Fsp3) is 0.833. The van der Waals surface area contributed by atoms with Crippen molar-refractivity contribution >= 4 is 14.2 Å². The summed E-state index contributed by atoms with van der Waals surface area (Å²) in [6.45, 7) is 0. The van der Waals surface area contributed by atoms with Gasteiger partial charge in [-0.3, -0.25) is 4.79 Å². The Labute approximate surface area is 52.0 Å². The number of carbonyl (C=O) groups is 1. The first-order valence-corrected chi connectivity index (χ1v) is 2.91. The summed E-state index contributed by atoms with van der Waals surface area (Å²) in [7, 11) is 0. The summed E-state index contributed by atoms with van der Waals surface area (Å²) in [5, 5.41) is 0. The van der Waals surface area contributed by atoms with Crippen LogP contribution in [0.5, 0.6) is 0 Å². The fourth-order valence-corrected chi connectivity index (χ4v) is 0.946. The topological polar surface area (TPSA) is 17.1 Å². The second-order valence-corrected chi connectivity index (χ2v) is 2.10. The van der Waals surface area contributed by atoms with Crippen LogP contribution in [-0.2, 0) is 4.79 Å². The standard InChI is InChI=1S/C6H10O.B/c7-6-4-2-1-3-5-6;/h1-5H2;. The van der Waals surface area contributed by atoms with Gasteiger partial charge in [-0.15, -0.1) is 0 Å². The summed E-state index contributed by atoms with van der Waals surface area (Å²) in [5.41, 5.74) is 0. The van der Waals surface area contributed by atoms with Crippen LogP contribution in [0.1, 0.15) is 32.1 Å². The summed E-state index contributed by atoms with van der Waals surface area (Å²) in [6, 6.07) is 0. The van der Waals surface area contributed by atoms with Gasteiger partial charge in [0.25, 0.3) is 0 Å². The third-order valence-electron chi connectivity index (χ3n) is 1.41. The zero-order chi connectivity index (χ0) is 5.11. The van der Waals surface area contributed by atoms with Crippen molar-refractivity contribution in [2.45, 2.75) is 32.1 Å². The summed E-state index contributed by atoms with van der Waals surface area (Å²) in [5.74, 6) is 0.464. The predicted octanol–water partition coefficient (Wildman–Crippen LogP) is 1.14. The minimum Gasteiger partial charge on any atom is -0.300 e. The first-order valence-electron chi connectivity index (χ1n) is 2.91. The third kappa shape index (κ3) is 2.15. The molecule has 0 atom stereocenters. The van der Waals surface area contributed by atoms with Crippen LogP contribution in [0.4, 0.5) is 0 Å². The first kappa shape index (κ1) is 7.73. The van der Waals surface area contributed by atoms with Gasteiger partial charge in [0.2, 0.25) is 0 Å². The molecule has 8 heavy (non-hydrogen) atoms. The number of carbonyl (C=O) groups excluding carboxylic acids is 1. The molecule has 1 rings (SSSR count). The normalized spacial score (nSPS) is 19.8. The van der Waals surface area contributed by atoms with Crippen molar-refractivity contribution < 1.29 is 4.79 Å². The molecule has 0 aliphatic heterocycles. The van der Waals surface area contributed by atoms with E-state index < -0.39 is 0 Å². The maximum absolute atomic E-state index is 10.5. The fourth-order valence-electron chi connectivity index (χ4n) is 0.946. The van der Waals surface area contributed by atoms with Crippen molar-refractivity contribution in [3.63, 3.8) is 0 Å². The Hall–Kier alpha value is -0.265. The lowest BCUT2D eigenvalue weighted by Crippen LogP contribution is -2.02. The number of hydrogen-bond donors (Lipinski definition) is 0. The highest BCUT2D eigenvalue weighted by molar-refractivity contribution is 5.78. The first-order chi connectivity index (χ1) is 3.39. The van der Waals surface area contributed by atoms with Crippen molar-refractivity contribution in [3.8, 4) is 0 Å². The molecule has 0 amide bonds. The summed E-state index contributed by atoms with van der Waals surface area (Å²) in [6.07, 6.45) is 5.24. The molecule has 1 saturated carbocycles. The number of ketones is 1. The highest BCUT2D eigenvalue weighted by atomic mass is 16.1. The van der Waals surface area contributed by atoms with Crippen LogP contribution in [0.15, 0.2) is 0 Å². The molecule has 0 bridgehead atoms. The second kappa shape index (κ2) is 3.70. The number of rotatable bonds is 0. The number of Topliss-reactive ketones (excluding diaryl/α,β-unsaturated/α-hetero) is 1. The lowest BCUT2D eigenvalue weighted by atomic mass is 10.00. The molecule has 0 aromatic carbocycles. The maximum Gasteiger partial charge on any atom is 0.132 e. The van der Waals surface area contributed by atoms with E-state index in [9.17, 15) is 4.79 Å². The summed E-state index contributed by atoms with van der Waals surface area (Å²) in [4.78, 5) is 10.5. The lowest BCUT2D eigenvalue weighted by Gasteiger charge is -2.05. The van der Waals surface area contributed by atoms with Crippen molar-refractivity contribution in [1.82, 2.24) is 0 Å². The Balaban J connectivity index is 0.000000490. The van der Waals surface area contributed by atoms with E-state index in [1.165, 1.54) is 6.42 Å². The molecule has 0 N–H and O–H groups in total. The molecule has 43 valence electrons. The van der Waals surface area contributed by atoms with E-state index >= 15 is 0 Å². The molecule has 2 heteroatoms. The van der Waals surface area contributed by atoms with Gasteiger partial charge in [0, 0.05) is 21.3 Å². The van der Waals surface area contributed by atoms with Gasteiger partial charge >= 0.3 is 0 Å². The van der Waals surface area contributed by atoms with Crippen molar-refractivity contribution in [3.05, 3.63) is 0 Å². The van der Waals surface area contributed by atoms with Gasteiger partial charge in [-0.1, -0.05) is 6.42 Å². The molecular formula is C6H10BO. The van der Waals surface area contributed by atoms with E-state index in [-0.39, 0.29) is 8.41 Å². The largest absolute Gasteiger partial charge is 0.300 e. The molecule has 1 fully saturated rings. The zero-order valence-electron chi connectivity index (χ0n) is 5.02. The summed E-state index contributed by atoms with van der Waals surface area (Å²) >= 11 is 0. The highest BCUT2D eigenvalue weighted by Crippen LogP contribution is 2.12. The third-order valence-corrected chi connectivity index (χ3v) is 1.41. The molecule has 1 aliphatic carbocycles. The highest BCUT2D eigenvalue weighted by Gasteiger charge is 2.05. The van der Waals surface area contributed by atoms with E-state index in [0.29, 0.717) is 5.78 Å². The minimum atomic E-state index is 0.